The fourth-order valence-corrected chi connectivity index (χ4v) is 0.808. The third-order valence-corrected chi connectivity index (χ3v) is 1.43. The van der Waals surface area contributed by atoms with Gasteiger partial charge in [-0.25, -0.2) is 9.18 Å². The van der Waals surface area contributed by atoms with Gasteiger partial charge in [0, 0.05) is 13.5 Å². The summed E-state index contributed by atoms with van der Waals surface area (Å²) in [6.07, 6.45) is 3.12. The Labute approximate surface area is 69.9 Å². The van der Waals surface area contributed by atoms with E-state index in [0.29, 0.717) is 5.76 Å². The molecule has 0 heterocycles. The van der Waals surface area contributed by atoms with Crippen LogP contribution in [0.15, 0.2) is 24.0 Å². The number of hydrogen-bond donors (Lipinski definition) is 1. The average Bonchev–Trinajstić information content (AvgIpc) is 2.09. The second-order valence-corrected chi connectivity index (χ2v) is 2.36. The Kier molecular flexibility index (Phi) is 2.85. The predicted octanol–water partition coefficient (Wildman–Crippen LogP) is 1.52. The molecule has 0 aromatic heterocycles. The summed E-state index contributed by atoms with van der Waals surface area (Å²) >= 11 is 0. The number of alkyl halides is 1. The van der Waals surface area contributed by atoms with Crippen LogP contribution in [-0.4, -0.2) is 19.3 Å². The normalized spacial score (nSPS) is 21.5. The van der Waals surface area contributed by atoms with Gasteiger partial charge in [0.1, 0.15) is 11.9 Å². The SMILES string of the molecule is CNC(=O)OC1=CCC(F)C=C1. The number of amides is 1. The van der Waals surface area contributed by atoms with Crippen LogP contribution in [0.3, 0.4) is 0 Å². The molecule has 1 atom stereocenters. The Morgan fingerprint density at radius 3 is 3.08 bits per heavy atom. The molecule has 4 heteroatoms. The summed E-state index contributed by atoms with van der Waals surface area (Å²) in [7, 11) is 1.47. The van der Waals surface area contributed by atoms with Crippen LogP contribution in [0.25, 0.3) is 0 Å². The van der Waals surface area contributed by atoms with Crippen LogP contribution < -0.4 is 5.32 Å². The molecule has 0 aromatic rings. The molecule has 1 aliphatic carbocycles. The quantitative estimate of drug-likeness (QED) is 0.649. The van der Waals surface area contributed by atoms with E-state index in [0.717, 1.165) is 0 Å². The van der Waals surface area contributed by atoms with E-state index in [1.54, 1.807) is 6.08 Å². The number of carbonyl (C=O) groups is 1. The number of alkyl carbamates (subject to hydrolysis) is 1. The lowest BCUT2D eigenvalue weighted by molar-refractivity contribution is 0.180. The number of ether oxygens (including phenoxy) is 1. The van der Waals surface area contributed by atoms with Crippen molar-refractivity contribution in [1.82, 2.24) is 5.32 Å². The fourth-order valence-electron chi connectivity index (χ4n) is 0.808. The molecule has 1 rings (SSSR count). The van der Waals surface area contributed by atoms with Crippen molar-refractivity contribution >= 4 is 6.09 Å². The number of halogens is 1. The standard InChI is InChI=1S/C8H10FNO2/c1-10-8(11)12-7-4-2-6(9)3-5-7/h2,4-6H,3H2,1H3,(H,10,11). The summed E-state index contributed by atoms with van der Waals surface area (Å²) in [5, 5.41) is 2.29. The fraction of sp³-hybridized carbons (Fsp3) is 0.375. The van der Waals surface area contributed by atoms with Crippen molar-refractivity contribution < 1.29 is 13.9 Å². The minimum atomic E-state index is -0.956. The van der Waals surface area contributed by atoms with Gasteiger partial charge in [0.05, 0.1) is 0 Å². The van der Waals surface area contributed by atoms with E-state index in [2.05, 4.69) is 5.32 Å². The molecule has 66 valence electrons. The van der Waals surface area contributed by atoms with Crippen LogP contribution in [0.1, 0.15) is 6.42 Å². The Morgan fingerprint density at radius 1 is 1.83 bits per heavy atom. The van der Waals surface area contributed by atoms with Crippen LogP contribution in [0, 0.1) is 0 Å². The number of rotatable bonds is 1. The first-order valence-electron chi connectivity index (χ1n) is 3.64. The van der Waals surface area contributed by atoms with E-state index in [1.807, 2.05) is 0 Å². The lowest BCUT2D eigenvalue weighted by Gasteiger charge is -2.09. The second kappa shape index (κ2) is 3.90. The molecule has 0 radical (unpaired) electrons. The van der Waals surface area contributed by atoms with Crippen molar-refractivity contribution in [2.75, 3.05) is 7.05 Å². The first-order chi connectivity index (χ1) is 5.72. The summed E-state index contributed by atoms with van der Waals surface area (Å²) in [5.41, 5.74) is 0. The molecule has 12 heavy (non-hydrogen) atoms. The van der Waals surface area contributed by atoms with E-state index in [9.17, 15) is 9.18 Å². The van der Waals surface area contributed by atoms with E-state index >= 15 is 0 Å². The molecule has 0 aromatic carbocycles. The monoisotopic (exact) mass is 171 g/mol. The number of allylic oxidation sites excluding steroid dienone is 3. The molecule has 0 bridgehead atoms. The molecule has 0 fully saturated rings. The molecule has 1 amide bonds. The third-order valence-electron chi connectivity index (χ3n) is 1.43. The Morgan fingerprint density at radius 2 is 2.58 bits per heavy atom. The van der Waals surface area contributed by atoms with Crippen molar-refractivity contribution in [2.24, 2.45) is 0 Å². The lowest BCUT2D eigenvalue weighted by Crippen LogP contribution is -2.19. The zero-order valence-electron chi connectivity index (χ0n) is 6.71. The van der Waals surface area contributed by atoms with Crippen molar-refractivity contribution in [3.63, 3.8) is 0 Å². The highest BCUT2D eigenvalue weighted by atomic mass is 19.1. The maximum absolute atomic E-state index is 12.5. The van der Waals surface area contributed by atoms with Gasteiger partial charge in [0.2, 0.25) is 0 Å². The zero-order chi connectivity index (χ0) is 8.97. The van der Waals surface area contributed by atoms with Crippen LogP contribution >= 0.6 is 0 Å². The summed E-state index contributed by atoms with van der Waals surface area (Å²) in [5.74, 6) is 0.392. The first kappa shape index (κ1) is 8.77. The van der Waals surface area contributed by atoms with Crippen molar-refractivity contribution in [1.29, 1.82) is 0 Å². The topological polar surface area (TPSA) is 38.3 Å². The van der Waals surface area contributed by atoms with E-state index in [1.165, 1.54) is 19.2 Å². The Balaban J connectivity index is 2.45. The van der Waals surface area contributed by atoms with E-state index < -0.39 is 12.3 Å². The zero-order valence-corrected chi connectivity index (χ0v) is 6.71. The average molecular weight is 171 g/mol. The van der Waals surface area contributed by atoms with Gasteiger partial charge in [-0.15, -0.1) is 0 Å². The molecular weight excluding hydrogens is 161 g/mol. The highest BCUT2D eigenvalue weighted by molar-refractivity contribution is 5.68. The van der Waals surface area contributed by atoms with Crippen molar-refractivity contribution in [3.8, 4) is 0 Å². The minimum absolute atomic E-state index is 0.267. The largest absolute Gasteiger partial charge is 0.412 e. The van der Waals surface area contributed by atoms with E-state index in [4.69, 9.17) is 4.74 Å². The smallest absolute Gasteiger partial charge is 0.411 e. The molecule has 0 aliphatic heterocycles. The minimum Gasteiger partial charge on any atom is -0.411 e. The summed E-state index contributed by atoms with van der Waals surface area (Å²) in [6, 6.07) is 0. The molecule has 1 aliphatic rings. The maximum atomic E-state index is 12.5. The van der Waals surface area contributed by atoms with Gasteiger partial charge in [-0.1, -0.05) is 0 Å². The second-order valence-electron chi connectivity index (χ2n) is 2.36. The van der Waals surface area contributed by atoms with Crippen molar-refractivity contribution in [2.45, 2.75) is 12.6 Å². The molecule has 1 unspecified atom stereocenters. The van der Waals surface area contributed by atoms with Gasteiger partial charge in [0.25, 0.3) is 0 Å². The molecule has 0 saturated carbocycles. The Bertz CT molecular complexity index is 235. The summed E-state index contributed by atoms with van der Waals surface area (Å²) in [6.45, 7) is 0. The van der Waals surface area contributed by atoms with Gasteiger partial charge in [0.15, 0.2) is 0 Å². The maximum Gasteiger partial charge on any atom is 0.412 e. The first-order valence-corrected chi connectivity index (χ1v) is 3.64. The van der Waals surface area contributed by atoms with E-state index in [-0.39, 0.29) is 6.42 Å². The molecule has 0 saturated heterocycles. The van der Waals surface area contributed by atoms with Crippen LogP contribution in [0.2, 0.25) is 0 Å². The molecule has 1 N–H and O–H groups in total. The van der Waals surface area contributed by atoms with Crippen LogP contribution in [0.4, 0.5) is 9.18 Å². The van der Waals surface area contributed by atoms with Crippen molar-refractivity contribution in [3.05, 3.63) is 24.0 Å². The lowest BCUT2D eigenvalue weighted by atomic mass is 10.1. The van der Waals surface area contributed by atoms with Gasteiger partial charge < -0.3 is 10.1 Å². The molecule has 3 nitrogen and oxygen atoms in total. The molecule has 0 spiro atoms. The van der Waals surface area contributed by atoms with Gasteiger partial charge >= 0.3 is 6.09 Å². The predicted molar refractivity (Wildman–Crippen MR) is 42.3 cm³/mol. The van der Waals surface area contributed by atoms with Gasteiger partial charge in [-0.3, -0.25) is 0 Å². The highest BCUT2D eigenvalue weighted by Gasteiger charge is 2.09. The number of nitrogens with one attached hydrogen (secondary N) is 1. The van der Waals surface area contributed by atoms with Crippen LogP contribution in [-0.2, 0) is 4.74 Å². The highest BCUT2D eigenvalue weighted by Crippen LogP contribution is 2.13. The van der Waals surface area contributed by atoms with Gasteiger partial charge in [-0.2, -0.15) is 0 Å². The summed E-state index contributed by atoms with van der Waals surface area (Å²) in [4.78, 5) is 10.7. The summed E-state index contributed by atoms with van der Waals surface area (Å²) < 4.78 is 17.2. The van der Waals surface area contributed by atoms with Crippen LogP contribution in [0.5, 0.6) is 0 Å². The molecular formula is C8H10FNO2. The number of carbonyl (C=O) groups excluding carboxylic acids is 1. The third kappa shape index (κ3) is 2.38. The Hall–Kier alpha value is -1.32. The van der Waals surface area contributed by atoms with Gasteiger partial charge in [-0.05, 0) is 18.2 Å². The number of hydrogen-bond acceptors (Lipinski definition) is 2.